The summed E-state index contributed by atoms with van der Waals surface area (Å²) >= 11 is 27.8. The summed E-state index contributed by atoms with van der Waals surface area (Å²) in [7, 11) is 0. The predicted octanol–water partition coefficient (Wildman–Crippen LogP) is 11.9. The second-order valence-electron chi connectivity index (χ2n) is 10.7. The first-order chi connectivity index (χ1) is 20.3. The molecule has 0 aromatic carbocycles. The topological polar surface area (TPSA) is 27.7 Å². The molecule has 0 N–H and O–H groups in total. The molecule has 10 heteroatoms. The number of unbranched alkanes of at least 4 members (excludes halogenated alkanes) is 21. The number of thiocarbonyl (C=S) groups is 3. The van der Waals surface area contributed by atoms with Gasteiger partial charge in [0.25, 0.3) is 0 Å². The van der Waals surface area contributed by atoms with E-state index < -0.39 is 0 Å². The Hall–Kier alpha value is 1.07. The number of hydrogen-bond donors (Lipinski definition) is 0. The van der Waals surface area contributed by atoms with Crippen LogP contribution in [0.15, 0.2) is 0 Å². The van der Waals surface area contributed by atoms with E-state index in [-0.39, 0.29) is 35.5 Å². The van der Waals surface area contributed by atoms with Crippen molar-refractivity contribution in [3.8, 4) is 0 Å². The van der Waals surface area contributed by atoms with E-state index in [4.69, 9.17) is 14.2 Å². The molecule has 0 unspecified atom stereocenters. The van der Waals surface area contributed by atoms with Gasteiger partial charge in [0.2, 0.25) is 0 Å². The molecule has 3 nitrogen and oxygen atoms in total. The Morgan fingerprint density at radius 2 is 0.512 bits per heavy atom. The van der Waals surface area contributed by atoms with Crippen LogP contribution in [0.2, 0.25) is 0 Å². The van der Waals surface area contributed by atoms with Crippen molar-refractivity contribution in [2.75, 3.05) is 19.8 Å². The minimum atomic E-state index is 0. The van der Waals surface area contributed by atoms with Crippen LogP contribution in [-0.4, -0.2) is 33.0 Å². The first kappa shape index (κ1) is 50.9. The van der Waals surface area contributed by atoms with Gasteiger partial charge in [0.1, 0.15) is 0 Å². The van der Waals surface area contributed by atoms with Crippen molar-refractivity contribution in [2.24, 2.45) is 0 Å². The normalized spacial score (nSPS) is 9.84. The molecular weight excluding hydrogens is 834 g/mol. The average molecular weight is 897 g/mol. The molecule has 43 heavy (non-hydrogen) atoms. The summed E-state index contributed by atoms with van der Waals surface area (Å²) in [6.45, 7) is 8.85. The van der Waals surface area contributed by atoms with Gasteiger partial charge in [0.05, 0.1) is 19.8 Å². The van der Waals surface area contributed by atoms with Gasteiger partial charge in [0, 0.05) is 13.1 Å². The van der Waals surface area contributed by atoms with Crippen LogP contribution in [0.3, 0.4) is 0 Å². The van der Waals surface area contributed by atoms with Gasteiger partial charge in [-0.1, -0.05) is 156 Å². The standard InChI is InChI=1S/3C11H22OS2.Au/c3*1-2-3-4-5-6-7-8-9-10-12-11(13)14;/h3*2-10H2,1H3,(H,13,14);/q;;;+3/p-3. The molecule has 0 saturated heterocycles. The van der Waals surface area contributed by atoms with Gasteiger partial charge in [-0.3, -0.25) is 0 Å². The van der Waals surface area contributed by atoms with Gasteiger partial charge in [-0.25, -0.2) is 0 Å². The molecule has 0 spiro atoms. The van der Waals surface area contributed by atoms with E-state index >= 15 is 0 Å². The van der Waals surface area contributed by atoms with E-state index in [2.05, 4.69) is 95.3 Å². The zero-order valence-corrected chi connectivity index (χ0v) is 34.6. The fourth-order valence-corrected chi connectivity index (χ4v) is 4.67. The zero-order valence-electron chi connectivity index (χ0n) is 27.6. The molecule has 0 fully saturated rings. The second-order valence-corrected chi connectivity index (χ2v) is 13.7. The first-order valence-corrected chi connectivity index (χ1v) is 19.3. The third kappa shape index (κ3) is 62.6. The van der Waals surface area contributed by atoms with Crippen molar-refractivity contribution in [3.05, 3.63) is 0 Å². The third-order valence-electron chi connectivity index (χ3n) is 6.65. The van der Waals surface area contributed by atoms with Crippen LogP contribution in [0.5, 0.6) is 0 Å². The molecule has 0 aromatic heterocycles. The Kier molecular flexibility index (Phi) is 56.2. The number of ether oxygens (including phenoxy) is 3. The molecule has 0 aliphatic heterocycles. The maximum Gasteiger partial charge on any atom is 3.00 e. The van der Waals surface area contributed by atoms with E-state index in [9.17, 15) is 0 Å². The van der Waals surface area contributed by atoms with E-state index in [0.717, 1.165) is 19.3 Å². The fourth-order valence-electron chi connectivity index (χ4n) is 4.17. The van der Waals surface area contributed by atoms with Crippen LogP contribution < -0.4 is 0 Å². The SMILES string of the molecule is CCCCCCCCCCOC(=S)[S-].CCCCCCCCCCOC(=S)[S-].CCCCCCCCCCOC(=S)[S-].[Au+3]. The largest absolute Gasteiger partial charge is 3.00 e. The summed E-state index contributed by atoms with van der Waals surface area (Å²) in [4.78, 5) is 0. The van der Waals surface area contributed by atoms with E-state index in [1.807, 2.05) is 0 Å². The summed E-state index contributed by atoms with van der Waals surface area (Å²) in [6.07, 6.45) is 31.5. The Morgan fingerprint density at radius 3 is 0.674 bits per heavy atom. The number of hydrogen-bond acceptors (Lipinski definition) is 9. The molecule has 0 aliphatic rings. The smallest absolute Gasteiger partial charge is 0.514 e. The predicted molar refractivity (Wildman–Crippen MR) is 206 cm³/mol. The maximum absolute atomic E-state index is 5.03. The van der Waals surface area contributed by atoms with Crippen molar-refractivity contribution >= 4 is 87.7 Å². The van der Waals surface area contributed by atoms with Gasteiger partial charge in [-0.15, -0.1) is 0 Å². The molecule has 0 bridgehead atoms. The summed E-state index contributed by atoms with van der Waals surface area (Å²) in [5, 5.41) is 0. The number of rotatable bonds is 27. The molecule has 0 aromatic rings. The van der Waals surface area contributed by atoms with Crippen molar-refractivity contribution in [3.63, 3.8) is 0 Å². The molecule has 0 saturated carbocycles. The average Bonchev–Trinajstić information content (AvgIpc) is 2.95. The van der Waals surface area contributed by atoms with Gasteiger partial charge in [-0.05, 0) is 19.3 Å². The Labute approximate surface area is 316 Å². The van der Waals surface area contributed by atoms with Crippen LogP contribution in [0.4, 0.5) is 0 Å². The van der Waals surface area contributed by atoms with Crippen molar-refractivity contribution in [1.82, 2.24) is 0 Å². The van der Waals surface area contributed by atoms with Gasteiger partial charge < -0.3 is 88.8 Å². The Morgan fingerprint density at radius 1 is 0.349 bits per heavy atom. The first-order valence-electron chi connectivity index (χ1n) is 16.8. The van der Waals surface area contributed by atoms with Crippen LogP contribution in [0, 0.1) is 0 Å². The minimum Gasteiger partial charge on any atom is -0.514 e. The third-order valence-corrected chi connectivity index (χ3v) is 7.36. The van der Waals surface area contributed by atoms with Crippen molar-refractivity contribution in [2.45, 2.75) is 175 Å². The zero-order chi connectivity index (χ0) is 31.9. The van der Waals surface area contributed by atoms with Crippen molar-refractivity contribution in [1.29, 1.82) is 0 Å². The van der Waals surface area contributed by atoms with Crippen molar-refractivity contribution < 1.29 is 36.6 Å². The summed E-state index contributed by atoms with van der Waals surface area (Å²) in [6, 6.07) is 0. The summed E-state index contributed by atoms with van der Waals surface area (Å²) in [5.41, 5.74) is 0. The maximum atomic E-state index is 5.03. The molecular formula is C33H63AuO3S6. The quantitative estimate of drug-likeness (QED) is 0.0346. The van der Waals surface area contributed by atoms with E-state index in [1.54, 1.807) is 0 Å². The van der Waals surface area contributed by atoms with Gasteiger partial charge in [0.15, 0.2) is 0 Å². The molecule has 0 radical (unpaired) electrons. The van der Waals surface area contributed by atoms with Crippen LogP contribution in [-0.2, 0) is 74.5 Å². The molecule has 260 valence electrons. The molecule has 0 heterocycles. The van der Waals surface area contributed by atoms with E-state index in [1.165, 1.54) is 135 Å². The molecule has 0 atom stereocenters. The monoisotopic (exact) mass is 896 g/mol. The Bertz CT molecular complexity index is 495. The van der Waals surface area contributed by atoms with Crippen LogP contribution in [0.25, 0.3) is 0 Å². The molecule has 0 aliphatic carbocycles. The summed E-state index contributed by atoms with van der Waals surface area (Å²) < 4.78 is 15.9. The molecule has 0 amide bonds. The Balaban J connectivity index is -0.000000262. The van der Waals surface area contributed by atoms with E-state index in [0.29, 0.717) is 19.8 Å². The molecule has 0 rings (SSSR count). The van der Waals surface area contributed by atoms with Gasteiger partial charge in [-0.2, -0.15) is 0 Å². The minimum absolute atomic E-state index is 0. The summed E-state index contributed by atoms with van der Waals surface area (Å²) in [5.74, 6) is 0. The van der Waals surface area contributed by atoms with Crippen LogP contribution in [0.1, 0.15) is 175 Å². The fraction of sp³-hybridized carbons (Fsp3) is 0.909. The van der Waals surface area contributed by atoms with Gasteiger partial charge >= 0.3 is 22.4 Å². The second kappa shape index (κ2) is 47.5. The van der Waals surface area contributed by atoms with Crippen LogP contribution >= 0.6 is 36.7 Å².